The molecule has 7 heteroatoms. The number of aromatic nitrogens is 1. The Morgan fingerprint density at radius 2 is 2.21 bits per heavy atom. The number of amides is 1. The van der Waals surface area contributed by atoms with Crippen LogP contribution in [-0.2, 0) is 0 Å². The summed E-state index contributed by atoms with van der Waals surface area (Å²) in [5, 5.41) is 6.38. The van der Waals surface area contributed by atoms with Crippen LogP contribution in [0, 0.1) is 0 Å². The summed E-state index contributed by atoms with van der Waals surface area (Å²) < 4.78 is 0.877. The van der Waals surface area contributed by atoms with Crippen molar-refractivity contribution in [3.05, 3.63) is 28.5 Å². The Morgan fingerprint density at radius 1 is 1.47 bits per heavy atom. The van der Waals surface area contributed by atoms with Crippen LogP contribution in [0.5, 0.6) is 0 Å². The molecule has 0 saturated carbocycles. The van der Waals surface area contributed by atoms with Crippen LogP contribution in [0.2, 0.25) is 0 Å². The zero-order valence-electron chi connectivity index (χ0n) is 10.6. The third-order valence-corrected chi connectivity index (χ3v) is 3.51. The molecule has 2 unspecified atom stereocenters. The predicted molar refractivity (Wildman–Crippen MR) is 84.4 cm³/mol. The molecule has 2 atom stereocenters. The van der Waals surface area contributed by atoms with Crippen molar-refractivity contribution in [3.8, 4) is 0 Å². The van der Waals surface area contributed by atoms with Gasteiger partial charge in [0.15, 0.2) is 0 Å². The van der Waals surface area contributed by atoms with E-state index in [2.05, 4.69) is 38.5 Å². The number of hydrogen-bond acceptors (Lipinski definition) is 3. The molecule has 1 amide bonds. The van der Waals surface area contributed by atoms with Crippen molar-refractivity contribution in [2.45, 2.75) is 31.8 Å². The molecule has 1 aliphatic heterocycles. The van der Waals surface area contributed by atoms with Crippen molar-refractivity contribution in [3.63, 3.8) is 0 Å². The lowest BCUT2D eigenvalue weighted by atomic mass is 10.00. The summed E-state index contributed by atoms with van der Waals surface area (Å²) in [5.74, 6) is -0.0990. The molecule has 1 aromatic heterocycles. The lowest BCUT2D eigenvalue weighted by Crippen LogP contribution is -2.52. The van der Waals surface area contributed by atoms with Gasteiger partial charge in [0.05, 0.1) is 0 Å². The van der Waals surface area contributed by atoms with Gasteiger partial charge in [-0.1, -0.05) is 0 Å². The van der Waals surface area contributed by atoms with Gasteiger partial charge in [-0.3, -0.25) is 4.79 Å². The van der Waals surface area contributed by atoms with E-state index >= 15 is 0 Å². The lowest BCUT2D eigenvalue weighted by molar-refractivity contribution is 0.0915. The van der Waals surface area contributed by atoms with Crippen molar-refractivity contribution in [2.24, 2.45) is 0 Å². The van der Waals surface area contributed by atoms with Crippen LogP contribution in [-0.4, -0.2) is 29.5 Å². The number of piperidine rings is 1. The Labute approximate surface area is 134 Å². The first-order valence-corrected chi connectivity index (χ1v) is 6.62. The molecular weight excluding hydrogens is 353 g/mol. The number of carbonyl (C=O) groups excluding carboxylic acids is 1. The maximum absolute atomic E-state index is 12.0. The molecule has 4 nitrogen and oxygen atoms in total. The van der Waals surface area contributed by atoms with E-state index in [4.69, 9.17) is 0 Å². The molecule has 19 heavy (non-hydrogen) atoms. The number of carbonyl (C=O) groups is 1. The van der Waals surface area contributed by atoms with Crippen molar-refractivity contribution in [1.29, 1.82) is 0 Å². The summed E-state index contributed by atoms with van der Waals surface area (Å²) in [6, 6.07) is 4.06. The standard InChI is InChI=1S/C12H16BrN3O.2ClH/c1-8-10(3-2-6-14-8)16-12(17)11-5-4-9(13)7-15-11;;/h4-5,7-8,10,14H,2-3,6H2,1H3,(H,16,17);2*1H. The minimum atomic E-state index is -0.0990. The van der Waals surface area contributed by atoms with E-state index in [-0.39, 0.29) is 36.8 Å². The summed E-state index contributed by atoms with van der Waals surface area (Å²) in [7, 11) is 0. The summed E-state index contributed by atoms with van der Waals surface area (Å²) >= 11 is 3.30. The van der Waals surface area contributed by atoms with Crippen molar-refractivity contribution in [2.75, 3.05) is 6.54 Å². The monoisotopic (exact) mass is 369 g/mol. The number of nitrogens with zero attached hydrogens (tertiary/aromatic N) is 1. The molecule has 1 saturated heterocycles. The highest BCUT2D eigenvalue weighted by Gasteiger charge is 2.23. The number of pyridine rings is 1. The van der Waals surface area contributed by atoms with Crippen LogP contribution in [0.4, 0.5) is 0 Å². The van der Waals surface area contributed by atoms with Crippen LogP contribution in [0.25, 0.3) is 0 Å². The fourth-order valence-corrected chi connectivity index (χ4v) is 2.23. The SMILES string of the molecule is CC1NCCCC1NC(=O)c1ccc(Br)cn1.Cl.Cl. The normalized spacial score (nSPS) is 21.8. The average Bonchev–Trinajstić information content (AvgIpc) is 2.33. The first kappa shape index (κ1) is 18.6. The maximum atomic E-state index is 12.0. The Bertz CT molecular complexity index is 402. The van der Waals surface area contributed by atoms with Gasteiger partial charge in [-0.2, -0.15) is 0 Å². The van der Waals surface area contributed by atoms with E-state index in [0.717, 1.165) is 23.9 Å². The lowest BCUT2D eigenvalue weighted by Gasteiger charge is -2.30. The Hall–Kier alpha value is -0.360. The molecule has 2 rings (SSSR count). The van der Waals surface area contributed by atoms with Gasteiger partial charge in [0.25, 0.3) is 5.91 Å². The molecule has 0 radical (unpaired) electrons. The molecule has 108 valence electrons. The molecule has 1 aliphatic rings. The summed E-state index contributed by atoms with van der Waals surface area (Å²) in [5.41, 5.74) is 0.464. The van der Waals surface area contributed by atoms with Crippen molar-refractivity contribution >= 4 is 46.7 Å². The van der Waals surface area contributed by atoms with Gasteiger partial charge in [-0.05, 0) is 54.4 Å². The van der Waals surface area contributed by atoms with Gasteiger partial charge in [0.2, 0.25) is 0 Å². The highest BCUT2D eigenvalue weighted by Crippen LogP contribution is 2.10. The predicted octanol–water partition coefficient (Wildman–Crippen LogP) is 2.56. The van der Waals surface area contributed by atoms with E-state index in [1.165, 1.54) is 0 Å². The Balaban J connectivity index is 0.00000162. The van der Waals surface area contributed by atoms with Gasteiger partial charge in [0.1, 0.15) is 5.69 Å². The van der Waals surface area contributed by atoms with Gasteiger partial charge in [-0.25, -0.2) is 4.98 Å². The van der Waals surface area contributed by atoms with Crippen molar-refractivity contribution < 1.29 is 4.79 Å². The Morgan fingerprint density at radius 3 is 2.79 bits per heavy atom. The van der Waals surface area contributed by atoms with E-state index in [9.17, 15) is 4.79 Å². The second-order valence-corrected chi connectivity index (χ2v) is 5.24. The van der Waals surface area contributed by atoms with E-state index < -0.39 is 0 Å². The molecule has 2 heterocycles. The van der Waals surface area contributed by atoms with E-state index in [0.29, 0.717) is 11.7 Å². The molecule has 2 N–H and O–H groups in total. The molecule has 0 aromatic carbocycles. The van der Waals surface area contributed by atoms with E-state index in [1.54, 1.807) is 12.3 Å². The van der Waals surface area contributed by atoms with Gasteiger partial charge < -0.3 is 10.6 Å². The molecule has 0 aliphatic carbocycles. The topological polar surface area (TPSA) is 54.0 Å². The minimum absolute atomic E-state index is 0. The van der Waals surface area contributed by atoms with Crippen molar-refractivity contribution in [1.82, 2.24) is 15.6 Å². The highest BCUT2D eigenvalue weighted by molar-refractivity contribution is 9.10. The smallest absolute Gasteiger partial charge is 0.270 e. The van der Waals surface area contributed by atoms with Crippen LogP contribution < -0.4 is 10.6 Å². The maximum Gasteiger partial charge on any atom is 0.270 e. The average molecular weight is 371 g/mol. The molecule has 1 fully saturated rings. The third kappa shape index (κ3) is 5.26. The third-order valence-electron chi connectivity index (χ3n) is 3.04. The summed E-state index contributed by atoms with van der Waals surface area (Å²) in [6.07, 6.45) is 3.76. The number of rotatable bonds is 2. The fraction of sp³-hybridized carbons (Fsp3) is 0.500. The zero-order valence-corrected chi connectivity index (χ0v) is 13.8. The minimum Gasteiger partial charge on any atom is -0.346 e. The number of hydrogen-bond donors (Lipinski definition) is 2. The van der Waals surface area contributed by atoms with Crippen LogP contribution in [0.3, 0.4) is 0 Å². The van der Waals surface area contributed by atoms with Crippen LogP contribution >= 0.6 is 40.7 Å². The second kappa shape index (κ2) is 8.74. The number of halogens is 3. The fourth-order valence-electron chi connectivity index (χ4n) is 1.99. The zero-order chi connectivity index (χ0) is 12.3. The molecule has 0 spiro atoms. The molecule has 0 bridgehead atoms. The first-order valence-electron chi connectivity index (χ1n) is 5.82. The van der Waals surface area contributed by atoms with Gasteiger partial charge in [-0.15, -0.1) is 24.8 Å². The van der Waals surface area contributed by atoms with E-state index in [1.807, 2.05) is 6.07 Å². The quantitative estimate of drug-likeness (QED) is 0.841. The molecular formula is C12H18BrCl2N3O. The first-order chi connectivity index (χ1) is 8.16. The number of nitrogens with one attached hydrogen (secondary N) is 2. The summed E-state index contributed by atoms with van der Waals surface area (Å²) in [4.78, 5) is 16.0. The highest BCUT2D eigenvalue weighted by atomic mass is 79.9. The second-order valence-electron chi connectivity index (χ2n) is 4.33. The van der Waals surface area contributed by atoms with Gasteiger partial charge >= 0.3 is 0 Å². The Kier molecular flexibility index (Phi) is 8.57. The summed E-state index contributed by atoms with van der Waals surface area (Å²) in [6.45, 7) is 3.13. The van der Waals surface area contributed by atoms with Gasteiger partial charge in [0, 0.05) is 22.8 Å². The largest absolute Gasteiger partial charge is 0.346 e. The molecule has 1 aromatic rings. The van der Waals surface area contributed by atoms with Crippen LogP contribution in [0.1, 0.15) is 30.3 Å². The van der Waals surface area contributed by atoms with Crippen LogP contribution in [0.15, 0.2) is 22.8 Å².